The summed E-state index contributed by atoms with van der Waals surface area (Å²) < 4.78 is 71.1. The Hall–Kier alpha value is -3.93. The van der Waals surface area contributed by atoms with Crippen LogP contribution in [0, 0.1) is 0 Å². The van der Waals surface area contributed by atoms with Gasteiger partial charge in [-0.05, 0) is 73.9 Å². The molecule has 3 aliphatic rings. The van der Waals surface area contributed by atoms with Crippen LogP contribution in [0.2, 0.25) is 0 Å². The number of hydrogen-bond donors (Lipinski definition) is 2. The van der Waals surface area contributed by atoms with Crippen molar-refractivity contribution in [2.24, 2.45) is 0 Å². The van der Waals surface area contributed by atoms with Gasteiger partial charge in [0.15, 0.2) is 5.71 Å². The lowest BCUT2D eigenvalue weighted by atomic mass is 9.79. The van der Waals surface area contributed by atoms with Crippen LogP contribution < -0.4 is 4.48 Å². The van der Waals surface area contributed by atoms with Crippen molar-refractivity contribution in [1.29, 1.82) is 0 Å². The molecular weight excluding hydrogens is 681 g/mol. The van der Waals surface area contributed by atoms with E-state index in [-0.39, 0.29) is 15.7 Å². The van der Waals surface area contributed by atoms with E-state index in [0.29, 0.717) is 38.8 Å². The first kappa shape index (κ1) is 35.5. The summed E-state index contributed by atoms with van der Waals surface area (Å²) in [6.45, 7) is 9.90. The molecule has 1 fully saturated rings. The molecule has 1 spiro atoms. The zero-order chi connectivity index (χ0) is 36.4. The maximum absolute atomic E-state index is 13.0. The number of rotatable bonds is 9. The topological polar surface area (TPSA) is 112 Å². The molecule has 3 aliphatic heterocycles. The Morgan fingerprint density at radius 2 is 1.43 bits per heavy atom. The first-order chi connectivity index (χ1) is 24.1. The largest absolute Gasteiger partial charge is 0.320 e. The highest BCUT2D eigenvalue weighted by atomic mass is 32.2. The van der Waals surface area contributed by atoms with Gasteiger partial charge in [0.1, 0.15) is 17.9 Å². The molecule has 51 heavy (non-hydrogen) atoms. The normalized spacial score (nSPS) is 23.5. The van der Waals surface area contributed by atoms with Crippen LogP contribution in [0.15, 0.2) is 109 Å². The van der Waals surface area contributed by atoms with Crippen molar-refractivity contribution >= 4 is 58.9 Å². The van der Waals surface area contributed by atoms with Crippen molar-refractivity contribution < 1.29 is 30.5 Å². The number of unbranched alkanes of at least 4 members (excludes halogenated alkanes) is 1. The van der Waals surface area contributed by atoms with Gasteiger partial charge in [0.25, 0.3) is 10.1 Å². The number of nitrogens with zero attached hydrogens (tertiary/aromatic N) is 2. The van der Waals surface area contributed by atoms with Crippen LogP contribution in [0.3, 0.4) is 0 Å². The second kappa shape index (κ2) is 12.6. The molecule has 0 aliphatic carbocycles. The molecule has 7 rings (SSSR count). The summed E-state index contributed by atoms with van der Waals surface area (Å²) in [5.74, 6) is -0.272. The van der Waals surface area contributed by atoms with E-state index >= 15 is 0 Å². The van der Waals surface area contributed by atoms with Crippen LogP contribution in [0.25, 0.3) is 21.5 Å². The molecule has 3 heterocycles. The molecule has 0 amide bonds. The maximum atomic E-state index is 13.0. The first-order valence-electron chi connectivity index (χ1n) is 17.6. The Kier molecular flexibility index (Phi) is 8.79. The second-order valence-electron chi connectivity index (χ2n) is 15.1. The summed E-state index contributed by atoms with van der Waals surface area (Å²) in [6.07, 6.45) is 12.1. The highest BCUT2D eigenvalue weighted by Gasteiger charge is 2.63. The molecule has 10 heteroatoms. The highest BCUT2D eigenvalue weighted by Crippen LogP contribution is 2.59. The molecule has 0 bridgehead atoms. The summed E-state index contributed by atoms with van der Waals surface area (Å²) >= 11 is 0. The van der Waals surface area contributed by atoms with Gasteiger partial charge in [-0.15, -0.1) is 0 Å². The van der Waals surface area contributed by atoms with E-state index < -0.39 is 31.0 Å². The fraction of sp³-hybridized carbons (Fsp3) is 0.341. The summed E-state index contributed by atoms with van der Waals surface area (Å²) in [6, 6.07) is 24.9. The van der Waals surface area contributed by atoms with Crippen LogP contribution >= 0.6 is 0 Å². The van der Waals surface area contributed by atoms with Crippen molar-refractivity contribution in [3.63, 3.8) is 0 Å². The van der Waals surface area contributed by atoms with Crippen LogP contribution in [0.1, 0.15) is 64.5 Å². The Morgan fingerprint density at radius 1 is 0.784 bits per heavy atom. The molecule has 0 radical (unpaired) electrons. The van der Waals surface area contributed by atoms with Crippen LogP contribution in [0.4, 0.5) is 11.4 Å². The monoisotopic (exact) mass is 726 g/mol. The maximum Gasteiger partial charge on any atom is 0.320 e. The van der Waals surface area contributed by atoms with Gasteiger partial charge < -0.3 is 0 Å². The van der Waals surface area contributed by atoms with Gasteiger partial charge in [0.2, 0.25) is 11.1 Å². The predicted molar refractivity (Wildman–Crippen MR) is 207 cm³/mol. The molecule has 2 N–H and O–H groups in total. The molecule has 2 unspecified atom stereocenters. The van der Waals surface area contributed by atoms with Gasteiger partial charge in [-0.25, -0.2) is 4.48 Å². The SMILES string of the molecule is CC1(C)C(C=CC=C/C=C2/C(C)(C)c3c(ccc4ccccc34)[N+]23CCCC3S(=O)(=O)O)=[N+](CCCCS(=O)(=O)O)c2ccc3ccccc3c21. The lowest BCUT2D eigenvalue weighted by Crippen LogP contribution is -2.55. The number of quaternary nitrogens is 1. The minimum absolute atomic E-state index is 0.101. The molecule has 8 nitrogen and oxygen atoms in total. The summed E-state index contributed by atoms with van der Waals surface area (Å²) in [5.41, 5.74) is 5.49. The Labute approximate surface area is 301 Å². The van der Waals surface area contributed by atoms with Gasteiger partial charge in [-0.3, -0.25) is 9.11 Å². The third kappa shape index (κ3) is 5.91. The predicted octanol–water partition coefficient (Wildman–Crippen LogP) is 8.34. The fourth-order valence-corrected chi connectivity index (χ4v) is 11.2. The first-order valence-corrected chi connectivity index (χ1v) is 20.7. The Bertz CT molecular complexity index is 2420. The molecule has 0 saturated carbocycles. The van der Waals surface area contributed by atoms with Crippen LogP contribution in [0.5, 0.6) is 0 Å². The van der Waals surface area contributed by atoms with E-state index in [9.17, 15) is 25.9 Å². The van der Waals surface area contributed by atoms with E-state index in [1.165, 1.54) is 10.9 Å². The molecule has 4 aromatic carbocycles. The summed E-state index contributed by atoms with van der Waals surface area (Å²) in [7, 11) is -8.39. The molecule has 2 atom stereocenters. The average Bonchev–Trinajstić information content (AvgIpc) is 3.67. The Balaban J connectivity index is 1.29. The van der Waals surface area contributed by atoms with Gasteiger partial charge in [-0.2, -0.15) is 21.4 Å². The quantitative estimate of drug-likeness (QED) is 0.0590. The average molecular weight is 727 g/mol. The van der Waals surface area contributed by atoms with E-state index in [1.54, 1.807) is 0 Å². The third-order valence-corrected chi connectivity index (χ3v) is 13.4. The zero-order valence-corrected chi connectivity index (χ0v) is 31.2. The lowest BCUT2D eigenvalue weighted by Gasteiger charge is -2.37. The van der Waals surface area contributed by atoms with E-state index in [2.05, 4.69) is 86.9 Å². The van der Waals surface area contributed by atoms with E-state index in [0.717, 1.165) is 44.5 Å². The second-order valence-corrected chi connectivity index (χ2v) is 18.3. The minimum Gasteiger partial charge on any atom is -0.286 e. The van der Waals surface area contributed by atoms with Crippen LogP contribution in [-0.2, 0) is 31.1 Å². The lowest BCUT2D eigenvalue weighted by molar-refractivity contribution is -0.438. The molecule has 1 saturated heterocycles. The third-order valence-electron chi connectivity index (χ3n) is 11.3. The smallest absolute Gasteiger partial charge is 0.286 e. The number of benzene rings is 4. The fourth-order valence-electron chi connectivity index (χ4n) is 9.34. The molecular formula is C41H46N2O6S2+2. The van der Waals surface area contributed by atoms with Crippen molar-refractivity contribution in [2.75, 3.05) is 18.8 Å². The highest BCUT2D eigenvalue weighted by molar-refractivity contribution is 7.86. The van der Waals surface area contributed by atoms with Gasteiger partial charge in [0, 0.05) is 48.6 Å². The number of allylic oxidation sites excluding steroid dienone is 6. The van der Waals surface area contributed by atoms with Crippen molar-refractivity contribution in [1.82, 2.24) is 4.48 Å². The number of fused-ring (bicyclic) bond motifs is 7. The molecule has 266 valence electrons. The standard InChI is InChI=1S/C41H44N2O6S2/c1-40(2)35(42(26-12-13-28-50(44,45)46)33-24-22-29-15-8-10-17-31(29)38(33)40)19-6-5-7-20-36-41(3,4)39-32-18-11-9-16-30(32)23-25-34(39)43(36)27-14-21-37(43)51(47,48)49/h5-11,15-20,22-25,37H,12-14,21,26-28H2,1-4H3/p+2/b7-5?,19-6?,36-20-. The molecule has 0 aromatic heterocycles. The van der Waals surface area contributed by atoms with Gasteiger partial charge >= 0.3 is 10.1 Å². The van der Waals surface area contributed by atoms with E-state index in [4.69, 9.17) is 0 Å². The minimum atomic E-state index is -4.36. The van der Waals surface area contributed by atoms with Gasteiger partial charge in [-0.1, -0.05) is 66.8 Å². The molecule has 4 aromatic rings. The Morgan fingerprint density at radius 3 is 2.10 bits per heavy atom. The summed E-state index contributed by atoms with van der Waals surface area (Å²) in [4.78, 5) is 0. The van der Waals surface area contributed by atoms with Crippen LogP contribution in [-0.4, -0.2) is 60.4 Å². The summed E-state index contributed by atoms with van der Waals surface area (Å²) in [5, 5.41) is 3.54. The van der Waals surface area contributed by atoms with Crippen molar-refractivity contribution in [2.45, 2.75) is 69.6 Å². The van der Waals surface area contributed by atoms with Crippen molar-refractivity contribution in [3.8, 4) is 0 Å². The van der Waals surface area contributed by atoms with Crippen molar-refractivity contribution in [3.05, 3.63) is 120 Å². The van der Waals surface area contributed by atoms with Gasteiger partial charge in [0.05, 0.1) is 23.1 Å². The van der Waals surface area contributed by atoms with E-state index in [1.807, 2.05) is 48.6 Å². The number of hydrogen-bond acceptors (Lipinski definition) is 4. The zero-order valence-electron chi connectivity index (χ0n) is 29.6.